The average Bonchev–Trinajstić information content (AvgIpc) is 2.44. The summed E-state index contributed by atoms with van der Waals surface area (Å²) in [5.41, 5.74) is -1.18. The Morgan fingerprint density at radius 3 is 2.42 bits per heavy atom. The second kappa shape index (κ2) is 9.60. The second-order valence-corrected chi connectivity index (χ2v) is 13.2. The van der Waals surface area contributed by atoms with Crippen LogP contribution < -0.4 is 0 Å². The van der Waals surface area contributed by atoms with Crippen LogP contribution in [0.1, 0.15) is 52.4 Å². The van der Waals surface area contributed by atoms with Crippen molar-refractivity contribution in [1.29, 1.82) is 0 Å². The van der Waals surface area contributed by atoms with Gasteiger partial charge in [0.05, 0.1) is 0 Å². The van der Waals surface area contributed by atoms with Crippen LogP contribution in [0.4, 0.5) is 0 Å². The van der Waals surface area contributed by atoms with E-state index in [2.05, 4.69) is 19.9 Å². The predicted molar refractivity (Wildman–Crippen MR) is 93.6 cm³/mol. The molecule has 0 bridgehead atoms. The van der Waals surface area contributed by atoms with Gasteiger partial charge in [0.25, 0.3) is 0 Å². The molecule has 0 atom stereocenters. The molecule has 0 heterocycles. The minimum absolute atomic E-state index is 0.732. The molecule has 0 spiro atoms. The van der Waals surface area contributed by atoms with E-state index in [0.717, 1.165) is 42.2 Å². The zero-order valence-electron chi connectivity index (χ0n) is 11.9. The maximum absolute atomic E-state index is 12.9. The van der Waals surface area contributed by atoms with Crippen LogP contribution in [-0.2, 0) is 4.57 Å². The highest BCUT2D eigenvalue weighted by atomic mass is 35.5. The molecule has 1 rings (SSSR count). The van der Waals surface area contributed by atoms with Crippen LogP contribution in [-0.4, -0.2) is 11.5 Å². The van der Waals surface area contributed by atoms with E-state index in [0.29, 0.717) is 0 Å². The quantitative estimate of drug-likeness (QED) is 0.441. The van der Waals surface area contributed by atoms with E-state index in [1.54, 1.807) is 22.8 Å². The first-order chi connectivity index (χ1) is 9.11. The van der Waals surface area contributed by atoms with E-state index in [1.807, 2.05) is 5.82 Å². The smallest absolute Gasteiger partial charge is 0.213 e. The summed E-state index contributed by atoms with van der Waals surface area (Å²) in [5, 5.41) is 0.732. The molecule has 5 heteroatoms. The Morgan fingerprint density at radius 2 is 1.95 bits per heavy atom. The van der Waals surface area contributed by atoms with Crippen LogP contribution in [0.5, 0.6) is 0 Å². The van der Waals surface area contributed by atoms with Gasteiger partial charge in [-0.05, 0) is 44.1 Å². The van der Waals surface area contributed by atoms with Gasteiger partial charge in [-0.1, -0.05) is 54.3 Å². The van der Waals surface area contributed by atoms with Crippen LogP contribution in [0, 0.1) is 0 Å². The fourth-order valence-corrected chi connectivity index (χ4v) is 10.2. The zero-order chi connectivity index (χ0) is 14.1. The molecule has 0 fully saturated rings. The molecule has 1 aliphatic carbocycles. The van der Waals surface area contributed by atoms with E-state index in [4.69, 9.17) is 11.6 Å². The monoisotopic (exact) mass is 338 g/mol. The van der Waals surface area contributed by atoms with Crippen LogP contribution in [0.25, 0.3) is 0 Å². The lowest BCUT2D eigenvalue weighted by Crippen LogP contribution is -1.91. The molecule has 0 amide bonds. The van der Waals surface area contributed by atoms with E-state index in [9.17, 15) is 4.57 Å². The van der Waals surface area contributed by atoms with Gasteiger partial charge in [0.2, 0.25) is 5.55 Å². The van der Waals surface area contributed by atoms with E-state index in [-0.39, 0.29) is 0 Å². The first-order valence-electron chi connectivity index (χ1n) is 7.08. The highest BCUT2D eigenvalue weighted by molar-refractivity contribution is 8.91. The Hall–Kier alpha value is 0.700. The maximum atomic E-state index is 12.9. The van der Waals surface area contributed by atoms with Gasteiger partial charge in [-0.2, -0.15) is 0 Å². The van der Waals surface area contributed by atoms with E-state index in [1.165, 1.54) is 18.4 Å². The van der Waals surface area contributed by atoms with Gasteiger partial charge in [-0.15, -0.1) is 0 Å². The second-order valence-electron chi connectivity index (χ2n) is 4.66. The normalized spacial score (nSPS) is 17.4. The minimum Gasteiger partial charge on any atom is -0.296 e. The Bertz CT molecular complexity index is 368. The highest BCUT2D eigenvalue weighted by Gasteiger charge is 2.22. The molecule has 0 radical (unpaired) electrons. The van der Waals surface area contributed by atoms with Crippen molar-refractivity contribution in [3.8, 4) is 0 Å². The van der Waals surface area contributed by atoms with Gasteiger partial charge in [0.15, 0.2) is 0 Å². The van der Waals surface area contributed by atoms with Gasteiger partial charge >= 0.3 is 0 Å². The molecular weight excluding hydrogens is 315 g/mol. The van der Waals surface area contributed by atoms with Crippen LogP contribution in [0.2, 0.25) is 0 Å². The van der Waals surface area contributed by atoms with Crippen LogP contribution in [0.3, 0.4) is 0 Å². The Morgan fingerprint density at radius 1 is 1.32 bits per heavy atom. The molecule has 19 heavy (non-hydrogen) atoms. The van der Waals surface area contributed by atoms with Crippen molar-refractivity contribution in [3.05, 3.63) is 22.5 Å². The van der Waals surface area contributed by atoms with Crippen molar-refractivity contribution in [2.45, 2.75) is 52.4 Å². The maximum Gasteiger partial charge on any atom is 0.213 e. The fraction of sp³-hybridized carbons (Fsp3) is 0.714. The van der Waals surface area contributed by atoms with Gasteiger partial charge in [0.1, 0.15) is 0 Å². The first kappa shape index (κ1) is 17.8. The summed E-state index contributed by atoms with van der Waals surface area (Å²) in [6, 6.07) is 0. The standard InChI is InChI=1S/C14H24ClOPS2/c1-3-10-18-17(16,19-11-4-2)12-14(15)13-8-6-5-7-9-13/h8,12H,3-7,9-11H2,1-2H3. The first-order valence-corrected chi connectivity index (χ1v) is 12.4. The highest BCUT2D eigenvalue weighted by Crippen LogP contribution is 2.71. The molecular formula is C14H24ClOPS2. The molecule has 0 aromatic rings. The molecule has 0 aromatic carbocycles. The summed E-state index contributed by atoms with van der Waals surface area (Å²) < 4.78 is 12.9. The van der Waals surface area contributed by atoms with E-state index >= 15 is 0 Å². The molecule has 1 aliphatic rings. The van der Waals surface area contributed by atoms with Crippen LogP contribution >= 0.6 is 39.9 Å². The SMILES string of the molecule is CCCSP(=O)(C=C(Cl)C1=CCCCC1)SCCC. The molecule has 0 N–H and O–H groups in total. The Balaban J connectivity index is 2.78. The Labute approximate surface area is 130 Å². The van der Waals surface area contributed by atoms with Crippen molar-refractivity contribution in [2.75, 3.05) is 11.5 Å². The van der Waals surface area contributed by atoms with Crippen molar-refractivity contribution < 1.29 is 4.57 Å². The van der Waals surface area contributed by atoms with Crippen molar-refractivity contribution in [3.63, 3.8) is 0 Å². The third-order valence-corrected chi connectivity index (χ3v) is 11.6. The zero-order valence-corrected chi connectivity index (χ0v) is 15.1. The molecule has 1 nitrogen and oxygen atoms in total. The summed E-state index contributed by atoms with van der Waals surface area (Å²) in [5.74, 6) is 3.73. The van der Waals surface area contributed by atoms with Crippen molar-refractivity contribution >= 4 is 39.9 Å². The number of halogens is 1. The summed E-state index contributed by atoms with van der Waals surface area (Å²) >= 11 is 9.57. The molecule has 0 saturated carbocycles. The molecule has 0 saturated heterocycles. The predicted octanol–water partition coefficient (Wildman–Crippen LogP) is 7.05. The van der Waals surface area contributed by atoms with Gasteiger partial charge in [-0.3, -0.25) is 4.57 Å². The number of hydrogen-bond acceptors (Lipinski definition) is 3. The van der Waals surface area contributed by atoms with Gasteiger partial charge in [-0.25, -0.2) is 0 Å². The lowest BCUT2D eigenvalue weighted by atomic mass is 10.00. The average molecular weight is 339 g/mol. The van der Waals surface area contributed by atoms with E-state index < -0.39 is 5.55 Å². The molecule has 0 aliphatic heterocycles. The minimum atomic E-state index is -2.38. The molecule has 0 aromatic heterocycles. The molecule has 0 unspecified atom stereocenters. The lowest BCUT2D eigenvalue weighted by molar-refractivity contribution is 0.598. The third-order valence-electron chi connectivity index (χ3n) is 2.82. The largest absolute Gasteiger partial charge is 0.296 e. The summed E-state index contributed by atoms with van der Waals surface area (Å²) in [6.07, 6.45) is 8.90. The fourth-order valence-electron chi connectivity index (χ4n) is 1.83. The molecule has 110 valence electrons. The van der Waals surface area contributed by atoms with Gasteiger partial charge < -0.3 is 0 Å². The summed E-state index contributed by atoms with van der Waals surface area (Å²) in [7, 11) is 0. The van der Waals surface area contributed by atoms with Gasteiger partial charge in [0, 0.05) is 22.4 Å². The lowest BCUT2D eigenvalue weighted by Gasteiger charge is -2.16. The number of rotatable bonds is 8. The van der Waals surface area contributed by atoms with Crippen LogP contribution in [0.15, 0.2) is 22.5 Å². The summed E-state index contributed by atoms with van der Waals surface area (Å²) in [4.78, 5) is 0. The van der Waals surface area contributed by atoms with Crippen molar-refractivity contribution in [1.82, 2.24) is 0 Å². The Kier molecular flexibility index (Phi) is 8.97. The third kappa shape index (κ3) is 6.80. The number of hydrogen-bond donors (Lipinski definition) is 0. The summed E-state index contributed by atoms with van der Waals surface area (Å²) in [6.45, 7) is 4.24. The van der Waals surface area contributed by atoms with Crippen molar-refractivity contribution in [2.24, 2.45) is 0 Å². The number of allylic oxidation sites excluding steroid dienone is 3. The topological polar surface area (TPSA) is 17.1 Å².